The van der Waals surface area contributed by atoms with Crippen molar-refractivity contribution in [2.24, 2.45) is 0 Å². The minimum absolute atomic E-state index is 0.0849. The average molecular weight is 551 g/mol. The van der Waals surface area contributed by atoms with Gasteiger partial charge in [0.05, 0.1) is 0 Å². The Bertz CT molecular complexity index is 1260. The molecule has 4 aromatic rings. The monoisotopic (exact) mass is 549 g/mol. The summed E-state index contributed by atoms with van der Waals surface area (Å²) in [5.74, 6) is 3.03. The molecular formula is C31H29Cl2NO2S. The Morgan fingerprint density at radius 2 is 1.35 bits per heavy atom. The van der Waals surface area contributed by atoms with Crippen molar-refractivity contribution < 1.29 is 9.53 Å². The molecule has 0 atom stereocenters. The van der Waals surface area contributed by atoms with Gasteiger partial charge in [-0.3, -0.25) is 4.79 Å². The summed E-state index contributed by atoms with van der Waals surface area (Å²) in [7, 11) is 0. The SMILES string of the molecule is ClCc1ccc(CCl)cc1.O=C1CCc2cc(OCc3ccc(CSc4ccccc4)cc3)ccc2N1. The zero-order chi connectivity index (χ0) is 25.9. The zero-order valence-corrected chi connectivity index (χ0v) is 22.8. The molecule has 4 aromatic carbocycles. The number of benzene rings is 4. The second kappa shape index (κ2) is 14.1. The van der Waals surface area contributed by atoms with Crippen LogP contribution in [0.1, 0.15) is 34.2 Å². The number of thioether (sulfide) groups is 1. The number of nitrogens with one attached hydrogen (secondary N) is 1. The number of hydrogen-bond acceptors (Lipinski definition) is 3. The third-order valence-corrected chi connectivity index (χ3v) is 7.58. The maximum absolute atomic E-state index is 11.4. The number of carbonyl (C=O) groups is 1. The molecule has 0 radical (unpaired) electrons. The van der Waals surface area contributed by atoms with Gasteiger partial charge in [-0.1, -0.05) is 66.7 Å². The van der Waals surface area contributed by atoms with Crippen LogP contribution in [0.2, 0.25) is 0 Å². The second-order valence-corrected chi connectivity index (χ2v) is 10.2. The molecule has 1 heterocycles. The van der Waals surface area contributed by atoms with Gasteiger partial charge in [0, 0.05) is 34.5 Å². The Morgan fingerprint density at radius 3 is 2.00 bits per heavy atom. The van der Waals surface area contributed by atoms with E-state index < -0.39 is 0 Å². The highest BCUT2D eigenvalue weighted by Crippen LogP contribution is 2.27. The summed E-state index contributed by atoms with van der Waals surface area (Å²) in [5, 5.41) is 2.89. The Hall–Kier alpha value is -2.92. The lowest BCUT2D eigenvalue weighted by atomic mass is 10.0. The van der Waals surface area contributed by atoms with E-state index in [-0.39, 0.29) is 5.91 Å². The highest BCUT2D eigenvalue weighted by atomic mass is 35.5. The summed E-state index contributed by atoms with van der Waals surface area (Å²) >= 11 is 13.0. The van der Waals surface area contributed by atoms with Gasteiger partial charge < -0.3 is 10.1 Å². The van der Waals surface area contributed by atoms with Crippen LogP contribution < -0.4 is 10.1 Å². The van der Waals surface area contributed by atoms with Crippen LogP contribution in [0.25, 0.3) is 0 Å². The van der Waals surface area contributed by atoms with Gasteiger partial charge in [0.2, 0.25) is 5.91 Å². The number of carbonyl (C=O) groups excluding carboxylic acids is 1. The summed E-state index contributed by atoms with van der Waals surface area (Å²) in [6, 6.07) is 32.8. The fraction of sp³-hybridized carbons (Fsp3) is 0.194. The minimum Gasteiger partial charge on any atom is -0.489 e. The predicted octanol–water partition coefficient (Wildman–Crippen LogP) is 8.61. The fourth-order valence-electron chi connectivity index (χ4n) is 3.75. The number of fused-ring (bicyclic) bond motifs is 1. The highest BCUT2D eigenvalue weighted by Gasteiger charge is 2.15. The molecule has 0 bridgehead atoms. The fourth-order valence-corrected chi connectivity index (χ4v) is 4.98. The molecule has 1 N–H and O–H groups in total. The van der Waals surface area contributed by atoms with Crippen LogP contribution in [0.5, 0.6) is 5.75 Å². The number of alkyl halides is 2. The Balaban J connectivity index is 0.000000270. The van der Waals surface area contributed by atoms with Crippen molar-refractivity contribution >= 4 is 46.6 Å². The number of amides is 1. The summed E-state index contributed by atoms with van der Waals surface area (Å²) in [6.45, 7) is 0.539. The molecule has 6 heteroatoms. The molecule has 0 spiro atoms. The molecule has 37 heavy (non-hydrogen) atoms. The van der Waals surface area contributed by atoms with Gasteiger partial charge in [-0.15, -0.1) is 35.0 Å². The largest absolute Gasteiger partial charge is 0.489 e. The van der Waals surface area contributed by atoms with E-state index >= 15 is 0 Å². The third kappa shape index (κ3) is 8.57. The number of anilines is 1. The molecule has 1 aliphatic heterocycles. The van der Waals surface area contributed by atoms with E-state index in [4.69, 9.17) is 27.9 Å². The lowest BCUT2D eigenvalue weighted by Crippen LogP contribution is -2.18. The molecule has 1 amide bonds. The van der Waals surface area contributed by atoms with Gasteiger partial charge in [-0.25, -0.2) is 0 Å². The molecule has 190 valence electrons. The van der Waals surface area contributed by atoms with Gasteiger partial charge >= 0.3 is 0 Å². The highest BCUT2D eigenvalue weighted by molar-refractivity contribution is 7.98. The third-order valence-electron chi connectivity index (χ3n) is 5.88. The van der Waals surface area contributed by atoms with Crippen molar-refractivity contribution in [3.8, 4) is 5.75 Å². The Kier molecular flexibility index (Phi) is 10.4. The van der Waals surface area contributed by atoms with E-state index in [1.807, 2.05) is 60.3 Å². The van der Waals surface area contributed by atoms with Crippen LogP contribution in [0.15, 0.2) is 102 Å². The summed E-state index contributed by atoms with van der Waals surface area (Å²) in [5.41, 5.74) is 6.76. The normalized spacial score (nSPS) is 12.1. The number of halogens is 2. The van der Waals surface area contributed by atoms with Crippen LogP contribution in [0.3, 0.4) is 0 Å². The molecule has 0 fully saturated rings. The zero-order valence-electron chi connectivity index (χ0n) is 20.5. The van der Waals surface area contributed by atoms with Crippen molar-refractivity contribution in [2.75, 3.05) is 5.32 Å². The second-order valence-electron chi connectivity index (χ2n) is 8.66. The number of hydrogen-bond donors (Lipinski definition) is 1. The number of ether oxygens (including phenoxy) is 1. The van der Waals surface area contributed by atoms with Gasteiger partial charge in [-0.2, -0.15) is 0 Å². The van der Waals surface area contributed by atoms with E-state index in [9.17, 15) is 4.79 Å². The average Bonchev–Trinajstić information content (AvgIpc) is 2.96. The predicted molar refractivity (Wildman–Crippen MR) is 156 cm³/mol. The molecule has 0 saturated heterocycles. The molecular weight excluding hydrogens is 521 g/mol. The van der Waals surface area contributed by atoms with Crippen molar-refractivity contribution in [2.45, 2.75) is 41.9 Å². The summed E-state index contributed by atoms with van der Waals surface area (Å²) < 4.78 is 5.94. The van der Waals surface area contributed by atoms with E-state index in [2.05, 4.69) is 53.8 Å². The van der Waals surface area contributed by atoms with E-state index in [1.165, 1.54) is 10.5 Å². The first-order valence-corrected chi connectivity index (χ1v) is 14.2. The van der Waals surface area contributed by atoms with Crippen LogP contribution in [0, 0.1) is 0 Å². The molecule has 0 aliphatic carbocycles. The molecule has 5 rings (SSSR count). The minimum atomic E-state index is 0.0849. The first-order valence-electron chi connectivity index (χ1n) is 12.1. The first-order chi connectivity index (χ1) is 18.1. The Morgan fingerprint density at radius 1 is 0.730 bits per heavy atom. The standard InChI is InChI=1S/C23H21NO2S.C8H8Cl2/c25-23-13-10-19-14-20(11-12-22(19)24-23)26-15-17-6-8-18(9-7-17)16-27-21-4-2-1-3-5-21;9-5-7-1-2-8(6-10)4-3-7/h1-9,11-12,14H,10,13,15-16H2,(H,24,25);1-4H,5-6H2. The molecule has 3 nitrogen and oxygen atoms in total. The van der Waals surface area contributed by atoms with Crippen molar-refractivity contribution in [1.29, 1.82) is 0 Å². The van der Waals surface area contributed by atoms with Gasteiger partial charge in [0.1, 0.15) is 12.4 Å². The van der Waals surface area contributed by atoms with Crippen LogP contribution in [0.4, 0.5) is 5.69 Å². The van der Waals surface area contributed by atoms with E-state index in [0.717, 1.165) is 45.9 Å². The molecule has 0 aromatic heterocycles. The number of rotatable bonds is 8. The van der Waals surface area contributed by atoms with Crippen molar-refractivity contribution in [3.05, 3.63) is 125 Å². The lowest BCUT2D eigenvalue weighted by Gasteiger charge is -2.17. The maximum Gasteiger partial charge on any atom is 0.224 e. The van der Waals surface area contributed by atoms with Crippen LogP contribution >= 0.6 is 35.0 Å². The van der Waals surface area contributed by atoms with Gasteiger partial charge in [0.15, 0.2) is 0 Å². The lowest BCUT2D eigenvalue weighted by molar-refractivity contribution is -0.116. The molecule has 0 saturated carbocycles. The van der Waals surface area contributed by atoms with Gasteiger partial charge in [0.25, 0.3) is 0 Å². The molecule has 1 aliphatic rings. The molecule has 0 unspecified atom stereocenters. The topological polar surface area (TPSA) is 38.3 Å². The van der Waals surface area contributed by atoms with Gasteiger partial charge in [-0.05, 0) is 64.6 Å². The summed E-state index contributed by atoms with van der Waals surface area (Å²) in [6.07, 6.45) is 1.31. The Labute approximate surface area is 233 Å². The van der Waals surface area contributed by atoms with Crippen LogP contribution in [-0.4, -0.2) is 5.91 Å². The number of aryl methyl sites for hydroxylation is 1. The quantitative estimate of drug-likeness (QED) is 0.176. The first kappa shape index (κ1) is 27.1. The van der Waals surface area contributed by atoms with Crippen LogP contribution in [-0.2, 0) is 35.3 Å². The smallest absolute Gasteiger partial charge is 0.224 e. The van der Waals surface area contributed by atoms with E-state index in [0.29, 0.717) is 24.8 Å². The van der Waals surface area contributed by atoms with Crippen molar-refractivity contribution in [1.82, 2.24) is 0 Å². The maximum atomic E-state index is 11.4. The van der Waals surface area contributed by atoms with Crippen molar-refractivity contribution in [3.63, 3.8) is 0 Å². The van der Waals surface area contributed by atoms with E-state index in [1.54, 1.807) is 0 Å². The summed E-state index contributed by atoms with van der Waals surface area (Å²) in [4.78, 5) is 12.7.